The monoisotopic (exact) mass is 1210 g/mol. The van der Waals surface area contributed by atoms with E-state index in [0.717, 1.165) is 33.4 Å². The third kappa shape index (κ3) is 16.1. The third-order valence-corrected chi connectivity index (χ3v) is 13.9. The van der Waals surface area contributed by atoms with Gasteiger partial charge in [0.1, 0.15) is 17.1 Å². The molecule has 0 spiro atoms. The van der Waals surface area contributed by atoms with E-state index in [9.17, 15) is 56.2 Å². The summed E-state index contributed by atoms with van der Waals surface area (Å²) in [6.45, 7) is 3.29. The van der Waals surface area contributed by atoms with Crippen molar-refractivity contribution in [1.82, 2.24) is 40.8 Å². The number of hydrogen-bond acceptors (Lipinski definition) is 12. The van der Waals surface area contributed by atoms with E-state index in [0.29, 0.717) is 81.0 Å². The number of allylic oxidation sites excluding steroid dienone is 2. The molecule has 0 fully saturated rings. The highest BCUT2D eigenvalue weighted by Crippen LogP contribution is 2.33. The van der Waals surface area contributed by atoms with E-state index in [4.69, 9.17) is 14.9 Å². The van der Waals surface area contributed by atoms with Crippen molar-refractivity contribution in [2.24, 2.45) is 5.92 Å². The first-order valence-electron chi connectivity index (χ1n) is 27.1. The summed E-state index contributed by atoms with van der Waals surface area (Å²) in [5.41, 5.74) is 3.10. The number of nitrogens with one attached hydrogen (secondary N) is 4. The average Bonchev–Trinajstić information content (AvgIpc) is 2.29. The lowest BCUT2D eigenvalue weighted by Gasteiger charge is -2.12. The Morgan fingerprint density at radius 3 is 1.46 bits per heavy atom. The molecule has 452 valence electrons. The molecule has 11 aromatic rings. The summed E-state index contributed by atoms with van der Waals surface area (Å²) in [5.74, 6) is -3.39. The van der Waals surface area contributed by atoms with Crippen molar-refractivity contribution in [3.63, 3.8) is 0 Å². The number of rotatable bonds is 10. The molecule has 1 aliphatic rings. The van der Waals surface area contributed by atoms with Crippen molar-refractivity contribution in [3.8, 4) is 5.75 Å². The summed E-state index contributed by atoms with van der Waals surface area (Å²) in [5, 5.41) is 57.9. The van der Waals surface area contributed by atoms with Crippen molar-refractivity contribution < 1.29 is 52.0 Å². The number of aromatic nitrogens is 8. The van der Waals surface area contributed by atoms with Gasteiger partial charge in [-0.2, -0.15) is 33.6 Å². The van der Waals surface area contributed by atoms with Crippen molar-refractivity contribution >= 4 is 61.0 Å². The molecule has 7 N–H and O–H groups in total. The van der Waals surface area contributed by atoms with Crippen LogP contribution in [0.4, 0.5) is 17.6 Å². The summed E-state index contributed by atoms with van der Waals surface area (Å²) >= 11 is 0. The van der Waals surface area contributed by atoms with Gasteiger partial charge in [0.25, 0.3) is 22.2 Å². The Hall–Kier alpha value is -11.5. The largest absolute Gasteiger partial charge is 0.496 e. The predicted molar refractivity (Wildman–Crippen MR) is 326 cm³/mol. The number of aromatic carboxylic acids is 2. The number of aliphatic carboxylic acids is 1. The van der Waals surface area contributed by atoms with Crippen LogP contribution in [0.2, 0.25) is 0 Å². The third-order valence-electron chi connectivity index (χ3n) is 13.9. The summed E-state index contributed by atoms with van der Waals surface area (Å²) < 4.78 is 56.2. The maximum atomic E-state index is 12.8. The Kier molecular flexibility index (Phi) is 20.4. The van der Waals surface area contributed by atoms with Gasteiger partial charge >= 0.3 is 24.1 Å². The lowest BCUT2D eigenvalue weighted by molar-refractivity contribution is -0.138. The number of fused-ring (bicyclic) bond motifs is 4. The molecule has 0 aliphatic heterocycles. The normalized spacial score (nSPS) is 12.6. The minimum atomic E-state index is -4.36. The van der Waals surface area contributed by atoms with Gasteiger partial charge in [-0.25, -0.2) is 39.2 Å². The quantitative estimate of drug-likeness (QED) is 0.0626. The molecule has 1 unspecified atom stereocenters. The minimum Gasteiger partial charge on any atom is -0.496 e. The second-order valence-electron chi connectivity index (χ2n) is 20.1. The number of halogens is 4. The Balaban J connectivity index is 0.000000148. The molecule has 23 heteroatoms. The number of aromatic amines is 4. The highest BCUT2D eigenvalue weighted by atomic mass is 19.4. The number of ether oxygens (including phenoxy) is 1. The Morgan fingerprint density at radius 1 is 0.551 bits per heavy atom. The van der Waals surface area contributed by atoms with Crippen LogP contribution in [-0.4, -0.2) is 81.1 Å². The van der Waals surface area contributed by atoms with E-state index in [1.54, 1.807) is 97.2 Å². The molecular formula is C66H54F4N8O11. The molecule has 1 atom stereocenters. The fourth-order valence-corrected chi connectivity index (χ4v) is 9.54. The molecule has 0 bridgehead atoms. The molecule has 19 nitrogen and oxygen atoms in total. The fraction of sp³-hybridized carbons (Fsp3) is 0.136. The summed E-state index contributed by atoms with van der Waals surface area (Å²) in [6, 6.07) is 44.5. The highest BCUT2D eigenvalue weighted by Gasteiger charge is 2.32. The van der Waals surface area contributed by atoms with Gasteiger partial charge in [-0.1, -0.05) is 116 Å². The standard InChI is InChI=1S/C17H13F3N2O.C17H14N2O4.C16H12N2O3.C8H9FO2.C8H6N2O/c1-10-8-11(6-7-14(10)17(18,19)20)9-15-12-4-2-3-5-13(12)16(23)22-21-15;1-23-15-7-6-10(8-13(15)17(21)22)9-14-11-4-2-3-5-12(11)16(20)19-18-14;19-15-13-7-2-1-6-12(13)14(17-18-15)9-10-4-3-5-11(8-10)16(20)21;1-5-2-3-7(9)6(4-5)8(10)11;11-8-7-4-2-1-3-6(7)5-9-10-8/h2-8H,9H2,1H3,(H,22,23);2-8H,9H2,1H3,(H,19,20)(H,21,22);1-8H,9H2,(H,18,19)(H,20,21);3-5H,2H2,1H3,(H,10,11);1-5H,(H,10,11). The maximum Gasteiger partial charge on any atom is 0.416 e. The van der Waals surface area contributed by atoms with Crippen molar-refractivity contribution in [2.75, 3.05) is 7.11 Å². The average molecular weight is 1210 g/mol. The van der Waals surface area contributed by atoms with Crippen LogP contribution in [0.15, 0.2) is 207 Å². The number of nitrogens with zero attached hydrogens (tertiary/aromatic N) is 4. The first kappa shape index (κ1) is 63.5. The summed E-state index contributed by atoms with van der Waals surface area (Å²) in [7, 11) is 1.43. The van der Waals surface area contributed by atoms with Crippen LogP contribution in [0, 0.1) is 12.8 Å². The number of carbonyl (C=O) groups is 3. The first-order valence-corrected chi connectivity index (χ1v) is 27.1. The van der Waals surface area contributed by atoms with Crippen LogP contribution in [0.25, 0.3) is 43.1 Å². The zero-order valence-electron chi connectivity index (χ0n) is 47.6. The molecule has 12 rings (SSSR count). The fourth-order valence-electron chi connectivity index (χ4n) is 9.54. The van der Waals surface area contributed by atoms with E-state index >= 15 is 0 Å². The van der Waals surface area contributed by atoms with E-state index in [1.807, 2.05) is 55.5 Å². The summed E-state index contributed by atoms with van der Waals surface area (Å²) in [6.07, 6.45) is 1.83. The second-order valence-corrected chi connectivity index (χ2v) is 20.1. The number of alkyl halides is 3. The minimum absolute atomic E-state index is 0.0960. The number of aryl methyl sites for hydroxylation is 1. The van der Waals surface area contributed by atoms with Gasteiger partial charge in [-0.15, -0.1) is 0 Å². The number of carboxylic acids is 3. The van der Waals surface area contributed by atoms with Gasteiger partial charge in [0, 0.05) is 46.2 Å². The lowest BCUT2D eigenvalue weighted by Crippen LogP contribution is -2.11. The first-order chi connectivity index (χ1) is 42.6. The van der Waals surface area contributed by atoms with E-state index in [-0.39, 0.29) is 50.4 Å². The number of benzene rings is 7. The zero-order chi connectivity index (χ0) is 63.9. The van der Waals surface area contributed by atoms with Gasteiger partial charge in [-0.05, 0) is 102 Å². The molecule has 4 aromatic heterocycles. The lowest BCUT2D eigenvalue weighted by atomic mass is 9.97. The number of H-pyrrole nitrogens is 4. The second kappa shape index (κ2) is 28.6. The zero-order valence-corrected chi connectivity index (χ0v) is 47.6. The Bertz CT molecular complexity index is 4760. The molecular weight excluding hydrogens is 1160 g/mol. The van der Waals surface area contributed by atoms with Crippen LogP contribution in [0.3, 0.4) is 0 Å². The number of hydrogen-bond donors (Lipinski definition) is 7. The Labute approximate surface area is 501 Å². The molecule has 0 amide bonds. The van der Waals surface area contributed by atoms with Gasteiger partial charge in [-0.3, -0.25) is 19.2 Å². The van der Waals surface area contributed by atoms with Gasteiger partial charge in [0.2, 0.25) is 0 Å². The smallest absolute Gasteiger partial charge is 0.416 e. The van der Waals surface area contributed by atoms with Crippen LogP contribution >= 0.6 is 0 Å². The van der Waals surface area contributed by atoms with E-state index in [1.165, 1.54) is 38.3 Å². The molecule has 7 aromatic carbocycles. The topological polar surface area (TPSA) is 304 Å². The van der Waals surface area contributed by atoms with Gasteiger partial charge in [0.05, 0.1) is 63.2 Å². The van der Waals surface area contributed by atoms with Crippen LogP contribution in [0.1, 0.15) is 79.0 Å². The van der Waals surface area contributed by atoms with Crippen molar-refractivity contribution in [3.05, 3.63) is 285 Å². The molecule has 0 radical (unpaired) electrons. The number of carboxylic acid groups (broad SMARTS) is 3. The number of methoxy groups -OCH3 is 1. The maximum absolute atomic E-state index is 12.8. The van der Waals surface area contributed by atoms with Crippen LogP contribution < -0.4 is 27.0 Å². The van der Waals surface area contributed by atoms with Crippen LogP contribution in [0.5, 0.6) is 5.75 Å². The SMILES string of the molecule is CC1C=C(C(=O)O)C(F)=CC1.COc1ccc(Cc2n[nH]c(=O)c3ccccc23)cc1C(=O)O.Cc1cc(Cc2n[nH]c(=O)c3ccccc23)ccc1C(F)(F)F.O=C(O)c1cccc(Cc2n[nH]c(=O)c3ccccc23)c1.O=c1[nH]ncc2ccccc12. The summed E-state index contributed by atoms with van der Waals surface area (Å²) in [4.78, 5) is 79.0. The van der Waals surface area contributed by atoms with E-state index in [2.05, 4.69) is 40.8 Å². The van der Waals surface area contributed by atoms with Crippen molar-refractivity contribution in [2.45, 2.75) is 45.7 Å². The predicted octanol–water partition coefficient (Wildman–Crippen LogP) is 11.1. The van der Waals surface area contributed by atoms with Crippen LogP contribution in [-0.2, 0) is 30.2 Å². The van der Waals surface area contributed by atoms with E-state index < -0.39 is 35.5 Å². The molecule has 1 aliphatic carbocycles. The molecule has 0 saturated carbocycles. The van der Waals surface area contributed by atoms with Gasteiger partial charge in [0.15, 0.2) is 0 Å². The molecule has 4 heterocycles. The molecule has 89 heavy (non-hydrogen) atoms. The molecule has 0 saturated heterocycles. The Morgan fingerprint density at radius 2 is 1.01 bits per heavy atom. The van der Waals surface area contributed by atoms with Crippen molar-refractivity contribution in [1.29, 1.82) is 0 Å². The highest BCUT2D eigenvalue weighted by molar-refractivity contribution is 5.92. The van der Waals surface area contributed by atoms with Gasteiger partial charge < -0.3 is 20.1 Å².